The Balaban J connectivity index is 1.79. The molecule has 1 atom stereocenters. The number of carbonyl (C=O) groups excluding carboxylic acids is 2. The first-order valence-electron chi connectivity index (χ1n) is 8.12. The minimum Gasteiger partial charge on any atom is -0.477 e. The molecule has 7 nitrogen and oxygen atoms in total. The van der Waals surface area contributed by atoms with Gasteiger partial charge in [-0.25, -0.2) is 4.98 Å². The van der Waals surface area contributed by atoms with Gasteiger partial charge in [0, 0.05) is 6.04 Å². The van der Waals surface area contributed by atoms with Crippen LogP contribution in [-0.4, -0.2) is 35.5 Å². The van der Waals surface area contributed by atoms with Crippen molar-refractivity contribution >= 4 is 23.5 Å². The topological polar surface area (TPSA) is 97.6 Å². The molecule has 0 spiro atoms. The average Bonchev–Trinajstić information content (AvgIpc) is 3.03. The maximum absolute atomic E-state index is 12.5. The van der Waals surface area contributed by atoms with E-state index >= 15 is 0 Å². The number of rotatable bonds is 4. The molecule has 0 saturated heterocycles. The molecule has 124 valence electrons. The molecule has 0 bridgehead atoms. The summed E-state index contributed by atoms with van der Waals surface area (Å²) >= 11 is 0. The number of aromatic nitrogens is 1. The van der Waals surface area contributed by atoms with Gasteiger partial charge in [-0.1, -0.05) is 19.8 Å². The Morgan fingerprint density at radius 3 is 2.87 bits per heavy atom. The Morgan fingerprint density at radius 1 is 1.43 bits per heavy atom. The molecule has 0 radical (unpaired) electrons. The second-order valence-corrected chi connectivity index (χ2v) is 6.05. The zero-order valence-electron chi connectivity index (χ0n) is 13.2. The van der Waals surface area contributed by atoms with Gasteiger partial charge in [0.25, 0.3) is 5.91 Å². The lowest BCUT2D eigenvalue weighted by atomic mass is 10.2. The van der Waals surface area contributed by atoms with Crippen molar-refractivity contribution in [3.05, 3.63) is 12.1 Å². The van der Waals surface area contributed by atoms with Gasteiger partial charge in [-0.3, -0.25) is 14.5 Å². The van der Waals surface area contributed by atoms with Crippen LogP contribution in [0, 0.1) is 0 Å². The third-order valence-corrected chi connectivity index (χ3v) is 4.32. The van der Waals surface area contributed by atoms with Gasteiger partial charge in [-0.2, -0.15) is 0 Å². The van der Waals surface area contributed by atoms with E-state index in [9.17, 15) is 9.59 Å². The van der Waals surface area contributed by atoms with Crippen LogP contribution in [0.5, 0.6) is 5.75 Å². The number of fused-ring (bicyclic) bond motifs is 1. The number of hydrogen-bond donors (Lipinski definition) is 2. The van der Waals surface area contributed by atoms with Crippen LogP contribution < -0.4 is 20.7 Å². The predicted octanol–water partition coefficient (Wildman–Crippen LogP) is 1.23. The van der Waals surface area contributed by atoms with Crippen molar-refractivity contribution in [1.82, 2.24) is 10.3 Å². The predicted molar refractivity (Wildman–Crippen MR) is 86.1 cm³/mol. The lowest BCUT2D eigenvalue weighted by molar-refractivity contribution is -0.129. The molecule has 7 heteroatoms. The zero-order valence-corrected chi connectivity index (χ0v) is 13.2. The highest BCUT2D eigenvalue weighted by atomic mass is 16.5. The second kappa shape index (κ2) is 6.44. The molecule has 1 aromatic heterocycles. The number of hydrogen-bond acceptors (Lipinski definition) is 5. The molecular formula is C16H22N4O3. The van der Waals surface area contributed by atoms with Crippen LogP contribution in [-0.2, 0) is 9.59 Å². The van der Waals surface area contributed by atoms with Gasteiger partial charge in [0.1, 0.15) is 12.4 Å². The van der Waals surface area contributed by atoms with Crippen LogP contribution >= 0.6 is 0 Å². The fourth-order valence-corrected chi connectivity index (χ4v) is 3.12. The largest absolute Gasteiger partial charge is 0.477 e. The Hall–Kier alpha value is -2.31. The lowest BCUT2D eigenvalue weighted by Gasteiger charge is -2.32. The highest BCUT2D eigenvalue weighted by Crippen LogP contribution is 2.33. The van der Waals surface area contributed by atoms with Gasteiger partial charge in [0.15, 0.2) is 17.7 Å². The first-order chi connectivity index (χ1) is 11.1. The summed E-state index contributed by atoms with van der Waals surface area (Å²) in [5.41, 5.74) is 5.71. The number of ether oxygens (including phenoxy) is 1. The highest BCUT2D eigenvalue weighted by Gasteiger charge is 2.36. The van der Waals surface area contributed by atoms with E-state index in [4.69, 9.17) is 10.5 Å². The van der Waals surface area contributed by atoms with E-state index in [1.807, 2.05) is 6.92 Å². The second-order valence-electron chi connectivity index (χ2n) is 6.05. The maximum Gasteiger partial charge on any atom is 0.269 e. The quantitative estimate of drug-likeness (QED) is 0.870. The smallest absolute Gasteiger partial charge is 0.269 e. The van der Waals surface area contributed by atoms with Crippen LogP contribution in [0.4, 0.5) is 11.6 Å². The molecule has 1 saturated carbocycles. The summed E-state index contributed by atoms with van der Waals surface area (Å²) in [5, 5.41) is 2.99. The molecule has 3 N–H and O–H groups in total. The van der Waals surface area contributed by atoms with Gasteiger partial charge in [0.05, 0.1) is 0 Å². The number of amides is 2. The summed E-state index contributed by atoms with van der Waals surface area (Å²) in [6.45, 7) is 1.81. The Labute approximate surface area is 135 Å². The van der Waals surface area contributed by atoms with E-state index in [0.717, 1.165) is 25.7 Å². The van der Waals surface area contributed by atoms with E-state index in [1.54, 1.807) is 12.1 Å². The van der Waals surface area contributed by atoms with Crippen molar-refractivity contribution in [3.63, 3.8) is 0 Å². The number of nitrogens with one attached hydrogen (secondary N) is 1. The van der Waals surface area contributed by atoms with Crippen molar-refractivity contribution in [1.29, 1.82) is 0 Å². The zero-order chi connectivity index (χ0) is 16.4. The van der Waals surface area contributed by atoms with Gasteiger partial charge >= 0.3 is 0 Å². The van der Waals surface area contributed by atoms with E-state index in [1.165, 1.54) is 4.90 Å². The number of pyridine rings is 1. The fraction of sp³-hybridized carbons (Fsp3) is 0.562. The van der Waals surface area contributed by atoms with E-state index in [2.05, 4.69) is 10.3 Å². The molecule has 1 aromatic rings. The van der Waals surface area contributed by atoms with Crippen molar-refractivity contribution in [2.75, 3.05) is 17.2 Å². The molecule has 1 unspecified atom stereocenters. The Bertz CT molecular complexity index is 613. The van der Waals surface area contributed by atoms with Gasteiger partial charge in [-0.05, 0) is 31.4 Å². The maximum atomic E-state index is 12.5. The van der Waals surface area contributed by atoms with Crippen LogP contribution in [0.25, 0.3) is 0 Å². The summed E-state index contributed by atoms with van der Waals surface area (Å²) in [6, 6.07) is 3.53. The van der Waals surface area contributed by atoms with Crippen LogP contribution in [0.15, 0.2) is 12.1 Å². The normalized spacial score (nSPS) is 21.0. The van der Waals surface area contributed by atoms with E-state index < -0.39 is 6.10 Å². The molecule has 2 heterocycles. The number of nitrogens with zero attached hydrogens (tertiary/aromatic N) is 2. The van der Waals surface area contributed by atoms with E-state index in [-0.39, 0.29) is 30.2 Å². The molecular weight excluding hydrogens is 296 g/mol. The highest BCUT2D eigenvalue weighted by molar-refractivity contribution is 6.03. The first kappa shape index (κ1) is 15.6. The number of nitrogen functional groups attached to an aromatic ring is 1. The lowest BCUT2D eigenvalue weighted by Crippen LogP contribution is -2.51. The number of carbonyl (C=O) groups is 2. The third kappa shape index (κ3) is 3.23. The Morgan fingerprint density at radius 2 is 2.17 bits per heavy atom. The summed E-state index contributed by atoms with van der Waals surface area (Å²) in [6.07, 6.45) is 4.22. The van der Waals surface area contributed by atoms with Gasteiger partial charge < -0.3 is 15.8 Å². The first-order valence-corrected chi connectivity index (χ1v) is 8.12. The SMILES string of the molecule is CCC1Oc2ccc(N)nc2N(CC(=O)NC2CCCC2)C1=O. The van der Waals surface area contributed by atoms with Crippen LogP contribution in [0.2, 0.25) is 0 Å². The van der Waals surface area contributed by atoms with Crippen molar-refractivity contribution in [2.45, 2.75) is 51.2 Å². The number of anilines is 2. The standard InChI is InChI=1S/C16H22N4O3/c1-2-11-16(22)20(9-14(21)18-10-5-3-4-6-10)15-12(23-11)7-8-13(17)19-15/h7-8,10-11H,2-6,9H2,1H3,(H2,17,19)(H,18,21). The Kier molecular flexibility index (Phi) is 4.36. The summed E-state index contributed by atoms with van der Waals surface area (Å²) < 4.78 is 5.65. The molecule has 0 aromatic carbocycles. The van der Waals surface area contributed by atoms with Crippen LogP contribution in [0.3, 0.4) is 0 Å². The molecule has 2 amide bonds. The summed E-state index contributed by atoms with van der Waals surface area (Å²) in [5.74, 6) is 0.675. The van der Waals surface area contributed by atoms with Crippen LogP contribution in [0.1, 0.15) is 39.0 Å². The molecule has 1 aliphatic carbocycles. The summed E-state index contributed by atoms with van der Waals surface area (Å²) in [7, 11) is 0. The van der Waals surface area contributed by atoms with Crippen molar-refractivity contribution in [3.8, 4) is 5.75 Å². The van der Waals surface area contributed by atoms with Gasteiger partial charge in [-0.15, -0.1) is 0 Å². The minimum atomic E-state index is -0.591. The van der Waals surface area contributed by atoms with E-state index in [0.29, 0.717) is 18.0 Å². The average molecular weight is 318 g/mol. The molecule has 1 fully saturated rings. The molecule has 1 aliphatic heterocycles. The van der Waals surface area contributed by atoms with Gasteiger partial charge in [0.2, 0.25) is 5.91 Å². The van der Waals surface area contributed by atoms with Crippen molar-refractivity contribution in [2.24, 2.45) is 0 Å². The number of nitrogens with two attached hydrogens (primary N) is 1. The molecule has 3 rings (SSSR count). The van der Waals surface area contributed by atoms with Crippen molar-refractivity contribution < 1.29 is 14.3 Å². The third-order valence-electron chi connectivity index (χ3n) is 4.32. The minimum absolute atomic E-state index is 0.0569. The molecule has 2 aliphatic rings. The monoisotopic (exact) mass is 318 g/mol. The fourth-order valence-electron chi connectivity index (χ4n) is 3.12. The summed E-state index contributed by atoms with van der Waals surface area (Å²) in [4.78, 5) is 30.4. The molecule has 23 heavy (non-hydrogen) atoms.